The van der Waals surface area contributed by atoms with Crippen molar-refractivity contribution in [2.24, 2.45) is 0 Å². The number of halogens is 1. The number of aromatic nitrogens is 4. The molecular weight excluding hydrogens is 375 g/mol. The molecule has 4 nitrogen and oxygen atoms in total. The highest BCUT2D eigenvalue weighted by molar-refractivity contribution is 14.1. The fraction of sp³-hybridized carbons (Fsp3) is 0.125. The van der Waals surface area contributed by atoms with Gasteiger partial charge < -0.3 is 9.97 Å². The van der Waals surface area contributed by atoms with E-state index in [2.05, 4.69) is 42.5 Å². The average molecular weight is 390 g/mol. The van der Waals surface area contributed by atoms with Crippen molar-refractivity contribution in [1.82, 2.24) is 19.9 Å². The van der Waals surface area contributed by atoms with E-state index in [-0.39, 0.29) is 0 Å². The third-order valence-corrected chi connectivity index (χ3v) is 3.21. The number of para-hydroxylation sites is 4. The van der Waals surface area contributed by atoms with Crippen LogP contribution in [0.5, 0.6) is 0 Å². The van der Waals surface area contributed by atoms with Crippen LogP contribution in [0.25, 0.3) is 22.1 Å². The van der Waals surface area contributed by atoms with Crippen molar-refractivity contribution >= 4 is 44.7 Å². The molecule has 4 aromatic rings. The summed E-state index contributed by atoms with van der Waals surface area (Å²) in [4.78, 5) is 17.7. The van der Waals surface area contributed by atoms with Crippen molar-refractivity contribution < 1.29 is 0 Å². The Bertz CT molecular complexity index is 725. The van der Waals surface area contributed by atoms with Gasteiger partial charge in [0, 0.05) is 0 Å². The SMILES string of the molecule is CI.c1ccc2[nH]c(Cc3nc4ccccc4[nH]3)nc2c1. The molecule has 21 heavy (non-hydrogen) atoms. The Morgan fingerprint density at radius 1 is 0.762 bits per heavy atom. The third-order valence-electron chi connectivity index (χ3n) is 3.21. The lowest BCUT2D eigenvalue weighted by molar-refractivity contribution is 0.960. The summed E-state index contributed by atoms with van der Waals surface area (Å²) >= 11 is 2.15. The fourth-order valence-corrected chi connectivity index (χ4v) is 2.34. The second kappa shape index (κ2) is 6.26. The molecule has 0 fully saturated rings. The quantitative estimate of drug-likeness (QED) is 0.400. The Morgan fingerprint density at radius 3 is 1.62 bits per heavy atom. The van der Waals surface area contributed by atoms with E-state index in [4.69, 9.17) is 0 Å². The predicted octanol–water partition coefficient (Wildman–Crippen LogP) is 4.08. The van der Waals surface area contributed by atoms with E-state index < -0.39 is 0 Å². The lowest BCUT2D eigenvalue weighted by atomic mass is 10.3. The molecule has 2 aromatic carbocycles. The first kappa shape index (κ1) is 14.1. The van der Waals surface area contributed by atoms with Gasteiger partial charge in [0.25, 0.3) is 0 Å². The Labute approximate surface area is 136 Å². The van der Waals surface area contributed by atoms with E-state index in [1.807, 2.05) is 53.5 Å². The molecule has 0 saturated carbocycles. The molecule has 2 heterocycles. The Balaban J connectivity index is 0.000000636. The van der Waals surface area contributed by atoms with Gasteiger partial charge in [0.2, 0.25) is 0 Å². The molecule has 0 aliphatic rings. The molecular formula is C16H15IN4. The molecule has 0 bridgehead atoms. The topological polar surface area (TPSA) is 57.4 Å². The first-order chi connectivity index (χ1) is 10.4. The van der Waals surface area contributed by atoms with Crippen LogP contribution < -0.4 is 0 Å². The minimum Gasteiger partial charge on any atom is -0.342 e. The van der Waals surface area contributed by atoms with Crippen LogP contribution in [0.2, 0.25) is 0 Å². The van der Waals surface area contributed by atoms with Crippen LogP contribution >= 0.6 is 22.6 Å². The number of hydrogen-bond donors (Lipinski definition) is 2. The van der Waals surface area contributed by atoms with Gasteiger partial charge in [-0.1, -0.05) is 46.9 Å². The van der Waals surface area contributed by atoms with E-state index in [9.17, 15) is 0 Å². The number of H-pyrrole nitrogens is 2. The van der Waals surface area contributed by atoms with Gasteiger partial charge >= 0.3 is 0 Å². The molecule has 2 aromatic heterocycles. The van der Waals surface area contributed by atoms with Crippen LogP contribution in [0.1, 0.15) is 11.6 Å². The first-order valence-corrected chi connectivity index (χ1v) is 8.79. The number of nitrogens with zero attached hydrogens (tertiary/aromatic N) is 2. The second-order valence-electron chi connectivity index (χ2n) is 4.58. The molecule has 0 radical (unpaired) electrons. The lowest BCUT2D eigenvalue weighted by Crippen LogP contribution is -1.92. The third kappa shape index (κ3) is 2.92. The summed E-state index contributed by atoms with van der Waals surface area (Å²) in [7, 11) is 0. The van der Waals surface area contributed by atoms with Crippen molar-refractivity contribution in [2.45, 2.75) is 6.42 Å². The molecule has 2 N–H and O–H groups in total. The molecule has 0 unspecified atom stereocenters. The summed E-state index contributed by atoms with van der Waals surface area (Å²) in [6.45, 7) is 0. The number of fused-ring (bicyclic) bond motifs is 2. The molecule has 0 atom stereocenters. The summed E-state index contributed by atoms with van der Waals surface area (Å²) in [5, 5.41) is 0. The van der Waals surface area contributed by atoms with Gasteiger partial charge in [0.05, 0.1) is 28.5 Å². The normalized spacial score (nSPS) is 10.6. The summed E-state index contributed by atoms with van der Waals surface area (Å²) < 4.78 is 0. The number of imidazole rings is 2. The van der Waals surface area contributed by atoms with E-state index in [0.29, 0.717) is 6.42 Å². The molecule has 0 amide bonds. The van der Waals surface area contributed by atoms with E-state index in [1.54, 1.807) is 0 Å². The zero-order chi connectivity index (χ0) is 14.7. The Hall–Kier alpha value is -1.89. The number of hydrogen-bond acceptors (Lipinski definition) is 2. The first-order valence-electron chi connectivity index (χ1n) is 6.63. The highest BCUT2D eigenvalue weighted by Crippen LogP contribution is 2.15. The van der Waals surface area contributed by atoms with Crippen LogP contribution in [0, 0.1) is 0 Å². The van der Waals surface area contributed by atoms with Crippen LogP contribution in [0.3, 0.4) is 0 Å². The molecule has 4 rings (SSSR count). The predicted molar refractivity (Wildman–Crippen MR) is 94.9 cm³/mol. The van der Waals surface area contributed by atoms with Gasteiger partial charge in [-0.2, -0.15) is 0 Å². The second-order valence-corrected chi connectivity index (χ2v) is 4.58. The summed E-state index contributed by atoms with van der Waals surface area (Å²) in [6, 6.07) is 16.1. The lowest BCUT2D eigenvalue weighted by Gasteiger charge is -1.90. The van der Waals surface area contributed by atoms with Crippen molar-refractivity contribution in [3.63, 3.8) is 0 Å². The van der Waals surface area contributed by atoms with Crippen LogP contribution in [0.4, 0.5) is 0 Å². The fourth-order valence-electron chi connectivity index (χ4n) is 2.34. The van der Waals surface area contributed by atoms with E-state index >= 15 is 0 Å². The number of alkyl halides is 1. The minimum absolute atomic E-state index is 0.684. The Morgan fingerprint density at radius 2 is 1.19 bits per heavy atom. The highest BCUT2D eigenvalue weighted by Gasteiger charge is 2.06. The molecule has 0 aliphatic heterocycles. The highest BCUT2D eigenvalue weighted by atomic mass is 127. The van der Waals surface area contributed by atoms with Crippen molar-refractivity contribution in [1.29, 1.82) is 0 Å². The van der Waals surface area contributed by atoms with Crippen LogP contribution in [0.15, 0.2) is 48.5 Å². The maximum atomic E-state index is 4.56. The van der Waals surface area contributed by atoms with Gasteiger partial charge in [-0.3, -0.25) is 0 Å². The van der Waals surface area contributed by atoms with Crippen molar-refractivity contribution in [2.75, 3.05) is 4.93 Å². The average Bonchev–Trinajstić information content (AvgIpc) is 3.11. The number of benzene rings is 2. The van der Waals surface area contributed by atoms with Gasteiger partial charge in [-0.25, -0.2) is 9.97 Å². The molecule has 0 spiro atoms. The number of rotatable bonds is 2. The number of nitrogens with one attached hydrogen (secondary N) is 2. The van der Waals surface area contributed by atoms with E-state index in [0.717, 1.165) is 33.7 Å². The molecule has 0 saturated heterocycles. The maximum Gasteiger partial charge on any atom is 0.114 e. The largest absolute Gasteiger partial charge is 0.342 e. The van der Waals surface area contributed by atoms with Gasteiger partial charge in [-0.15, -0.1) is 0 Å². The summed E-state index contributed by atoms with van der Waals surface area (Å²) in [6.07, 6.45) is 0.684. The van der Waals surface area contributed by atoms with Crippen molar-refractivity contribution in [3.8, 4) is 0 Å². The smallest absolute Gasteiger partial charge is 0.114 e. The molecule has 106 valence electrons. The monoisotopic (exact) mass is 390 g/mol. The van der Waals surface area contributed by atoms with Gasteiger partial charge in [-0.05, 0) is 29.2 Å². The van der Waals surface area contributed by atoms with Crippen LogP contribution in [-0.4, -0.2) is 24.9 Å². The maximum absolute atomic E-state index is 4.56. The molecule has 0 aliphatic carbocycles. The van der Waals surface area contributed by atoms with Gasteiger partial charge in [0.1, 0.15) is 11.6 Å². The minimum atomic E-state index is 0.684. The van der Waals surface area contributed by atoms with Crippen LogP contribution in [-0.2, 0) is 6.42 Å². The zero-order valence-corrected chi connectivity index (χ0v) is 13.8. The summed E-state index contributed by atoms with van der Waals surface area (Å²) in [5.41, 5.74) is 4.12. The standard InChI is InChI=1S/C15H12N4.CH3I/c1-2-6-11-10(5-1)16-14(17-11)9-15-18-12-7-3-4-8-13(12)19-15;1-2/h1-8H,9H2,(H,16,17)(H,18,19);1H3. The number of aromatic amines is 2. The zero-order valence-electron chi connectivity index (χ0n) is 11.6. The Kier molecular flexibility index (Phi) is 4.19. The van der Waals surface area contributed by atoms with Crippen molar-refractivity contribution in [3.05, 3.63) is 60.2 Å². The molecule has 5 heteroatoms. The van der Waals surface area contributed by atoms with E-state index in [1.165, 1.54) is 0 Å². The summed E-state index contributed by atoms with van der Waals surface area (Å²) in [5.74, 6) is 1.86. The van der Waals surface area contributed by atoms with Gasteiger partial charge in [0.15, 0.2) is 0 Å².